The summed E-state index contributed by atoms with van der Waals surface area (Å²) in [5.41, 5.74) is 0.885. The Morgan fingerprint density at radius 1 is 1.00 bits per heavy atom. The van der Waals surface area contributed by atoms with Gasteiger partial charge in [-0.15, -0.1) is 0 Å². The lowest BCUT2D eigenvalue weighted by Crippen LogP contribution is -2.47. The number of nitrogens with one attached hydrogen (secondary N) is 2. The number of hydrogen-bond donors (Lipinski definition) is 2. The maximum Gasteiger partial charge on any atom is 0.251 e. The van der Waals surface area contributed by atoms with E-state index in [0.717, 1.165) is 0 Å². The summed E-state index contributed by atoms with van der Waals surface area (Å²) in [7, 11) is -1.09. The van der Waals surface area contributed by atoms with Gasteiger partial charge in [-0.05, 0) is 77.2 Å². The second-order valence-corrected chi connectivity index (χ2v) is 11.1. The molecule has 0 aliphatic heterocycles. The van der Waals surface area contributed by atoms with Gasteiger partial charge in [0.15, 0.2) is 11.6 Å². The topological polar surface area (TPSA) is 132 Å². The first-order valence-corrected chi connectivity index (χ1v) is 13.5. The van der Waals surface area contributed by atoms with E-state index in [1.54, 1.807) is 36.3 Å². The highest BCUT2D eigenvalue weighted by atomic mass is 28.3. The number of hydrogen-bond acceptors (Lipinski definition) is 7. The molecule has 1 atom stereocenters. The molecule has 0 fully saturated rings. The Morgan fingerprint density at radius 3 is 2.00 bits per heavy atom. The molecule has 10 heteroatoms. The summed E-state index contributed by atoms with van der Waals surface area (Å²) in [4.78, 5) is 35.8. The predicted molar refractivity (Wildman–Crippen MR) is 132 cm³/mol. The Bertz CT molecular complexity index is 1060. The van der Waals surface area contributed by atoms with Gasteiger partial charge in [-0.3, -0.25) is 15.0 Å². The Kier molecular flexibility index (Phi) is 9.32. The van der Waals surface area contributed by atoms with E-state index >= 15 is 0 Å². The van der Waals surface area contributed by atoms with Crippen LogP contribution in [0.5, 0.6) is 5.75 Å². The van der Waals surface area contributed by atoms with Crippen LogP contribution in [-0.4, -0.2) is 55.8 Å². The summed E-state index contributed by atoms with van der Waals surface area (Å²) in [5.74, 6) is -1.58. The van der Waals surface area contributed by atoms with Crippen LogP contribution in [0.3, 0.4) is 0 Å². The number of ketones is 1. The number of carbonyl (C=O) groups is 3. The minimum absolute atomic E-state index is 0.200. The van der Waals surface area contributed by atoms with Crippen molar-refractivity contribution < 1.29 is 28.8 Å². The van der Waals surface area contributed by atoms with Crippen LogP contribution in [0.1, 0.15) is 54.0 Å². The van der Waals surface area contributed by atoms with Crippen molar-refractivity contribution in [2.45, 2.75) is 52.4 Å². The molecule has 0 saturated heterocycles. The van der Waals surface area contributed by atoms with E-state index in [1.807, 2.05) is 33.9 Å². The molecule has 0 bridgehead atoms. The number of amidine groups is 1. The largest absolute Gasteiger partial charge is 0.546 e. The zero-order chi connectivity index (χ0) is 26.3. The van der Waals surface area contributed by atoms with E-state index in [9.17, 15) is 19.5 Å². The maximum absolute atomic E-state index is 12.7. The summed E-state index contributed by atoms with van der Waals surface area (Å²) in [5, 5.41) is 23.3. The molecule has 1 amide bonds. The Hall–Kier alpha value is -3.50. The second-order valence-electron chi connectivity index (χ2n) is 9.14. The first-order chi connectivity index (χ1) is 16.3. The van der Waals surface area contributed by atoms with Crippen LogP contribution in [0.15, 0.2) is 48.5 Å². The van der Waals surface area contributed by atoms with Gasteiger partial charge in [-0.2, -0.15) is 0 Å². The van der Waals surface area contributed by atoms with E-state index < -0.39 is 39.1 Å². The fourth-order valence-electron chi connectivity index (χ4n) is 3.05. The normalized spacial score (nSPS) is 12.1. The standard InChI is InChI=1S/C25H32N3O6Si/c1-16(22(31)17-11-13-20(14-12-17)33-15-21(29)30)27-24(32)19-9-7-18(8-10-19)23(26)28(25(2,3)4)34-35(5)6/h7-14,16,26H,15H2,1-6H3,(H,27,32)(H,29,30)/p-1. The Labute approximate surface area is 207 Å². The van der Waals surface area contributed by atoms with E-state index in [4.69, 9.17) is 14.7 Å². The van der Waals surface area contributed by atoms with Crippen LogP contribution in [0.4, 0.5) is 0 Å². The van der Waals surface area contributed by atoms with E-state index in [0.29, 0.717) is 22.4 Å². The highest BCUT2D eigenvalue weighted by Crippen LogP contribution is 2.19. The van der Waals surface area contributed by atoms with Crippen molar-refractivity contribution in [3.05, 3.63) is 65.2 Å². The van der Waals surface area contributed by atoms with Gasteiger partial charge in [0.2, 0.25) is 9.04 Å². The summed E-state index contributed by atoms with van der Waals surface area (Å²) in [6, 6.07) is 11.7. The zero-order valence-electron chi connectivity index (χ0n) is 20.8. The van der Waals surface area contributed by atoms with Crippen molar-refractivity contribution in [3.8, 4) is 5.75 Å². The van der Waals surface area contributed by atoms with Crippen LogP contribution < -0.4 is 15.2 Å². The maximum atomic E-state index is 12.7. The monoisotopic (exact) mass is 497 g/mol. The molecular weight excluding hydrogens is 466 g/mol. The molecule has 0 aliphatic carbocycles. The number of amides is 1. The average molecular weight is 498 g/mol. The number of carbonyl (C=O) groups excluding carboxylic acids is 3. The third kappa shape index (κ3) is 8.04. The van der Waals surface area contributed by atoms with Crippen LogP contribution >= 0.6 is 0 Å². The number of Topliss-reactive ketones (excluding diaryl/α,β-unsaturated/α-hetero) is 1. The van der Waals surface area contributed by atoms with Gasteiger partial charge in [-0.25, -0.2) is 5.06 Å². The van der Waals surface area contributed by atoms with Crippen molar-refractivity contribution in [2.75, 3.05) is 6.61 Å². The summed E-state index contributed by atoms with van der Waals surface area (Å²) in [6.45, 7) is 10.9. The molecule has 187 valence electrons. The number of hydroxylamine groups is 2. The van der Waals surface area contributed by atoms with Crippen molar-refractivity contribution >= 4 is 32.5 Å². The van der Waals surface area contributed by atoms with Crippen molar-refractivity contribution in [3.63, 3.8) is 0 Å². The van der Waals surface area contributed by atoms with E-state index in [2.05, 4.69) is 5.32 Å². The average Bonchev–Trinajstić information content (AvgIpc) is 2.79. The Balaban J connectivity index is 2.04. The molecule has 0 aliphatic rings. The molecule has 35 heavy (non-hydrogen) atoms. The van der Waals surface area contributed by atoms with Gasteiger partial charge in [0, 0.05) is 16.7 Å². The number of nitrogens with zero attached hydrogens (tertiary/aromatic N) is 1. The highest BCUT2D eigenvalue weighted by Gasteiger charge is 2.27. The van der Waals surface area contributed by atoms with E-state index in [-0.39, 0.29) is 11.6 Å². The zero-order valence-corrected chi connectivity index (χ0v) is 21.8. The molecule has 9 nitrogen and oxygen atoms in total. The number of rotatable bonds is 10. The van der Waals surface area contributed by atoms with Crippen LogP contribution in [0.25, 0.3) is 0 Å². The van der Waals surface area contributed by atoms with Gasteiger partial charge >= 0.3 is 0 Å². The van der Waals surface area contributed by atoms with Crippen molar-refractivity contribution in [1.82, 2.24) is 10.4 Å². The van der Waals surface area contributed by atoms with Gasteiger partial charge in [-0.1, -0.05) is 12.1 Å². The molecule has 0 aromatic heterocycles. The lowest BCUT2D eigenvalue weighted by Gasteiger charge is -2.37. The number of aliphatic carboxylic acids is 1. The summed E-state index contributed by atoms with van der Waals surface area (Å²) >= 11 is 0. The fraction of sp³-hybridized carbons (Fsp3) is 0.360. The van der Waals surface area contributed by atoms with Crippen LogP contribution in [0, 0.1) is 5.41 Å². The van der Waals surface area contributed by atoms with Gasteiger partial charge in [0.25, 0.3) is 5.91 Å². The highest BCUT2D eigenvalue weighted by molar-refractivity contribution is 6.48. The summed E-state index contributed by atoms with van der Waals surface area (Å²) in [6.07, 6.45) is 0. The number of benzene rings is 2. The molecule has 2 N–H and O–H groups in total. The second kappa shape index (κ2) is 11.8. The SMILES string of the molecule is CC(NC(=O)c1ccc(C(=N)N(O[Si](C)C)C(C)(C)C)cc1)C(=O)c1ccc(OCC(=O)[O-])cc1. The molecule has 0 spiro atoms. The molecule has 0 saturated carbocycles. The molecule has 2 aromatic carbocycles. The minimum Gasteiger partial charge on any atom is -0.546 e. The quantitative estimate of drug-likeness (QED) is 0.169. The molecule has 1 unspecified atom stereocenters. The lowest BCUT2D eigenvalue weighted by atomic mass is 10.0. The van der Waals surface area contributed by atoms with E-state index in [1.165, 1.54) is 24.3 Å². The van der Waals surface area contributed by atoms with Crippen LogP contribution in [0.2, 0.25) is 13.1 Å². The number of ether oxygens (including phenoxy) is 1. The third-order valence-corrected chi connectivity index (χ3v) is 5.29. The molecule has 2 rings (SSSR count). The Morgan fingerprint density at radius 2 is 1.51 bits per heavy atom. The van der Waals surface area contributed by atoms with Gasteiger partial charge < -0.3 is 24.5 Å². The molecule has 1 radical (unpaired) electrons. The first kappa shape index (κ1) is 27.7. The predicted octanol–water partition coefficient (Wildman–Crippen LogP) is 2.43. The summed E-state index contributed by atoms with van der Waals surface area (Å²) < 4.78 is 10.9. The molecule has 2 aromatic rings. The number of carboxylic acid groups (broad SMARTS) is 1. The first-order valence-electron chi connectivity index (χ1n) is 11.0. The van der Waals surface area contributed by atoms with Crippen molar-refractivity contribution in [2.24, 2.45) is 0 Å². The molecular formula is C25H31N3O6Si-. The van der Waals surface area contributed by atoms with Gasteiger partial charge in [0.1, 0.15) is 12.4 Å². The third-order valence-electron chi connectivity index (χ3n) is 4.74. The van der Waals surface area contributed by atoms with Crippen LogP contribution in [-0.2, 0) is 9.32 Å². The molecule has 0 heterocycles. The van der Waals surface area contributed by atoms with Crippen molar-refractivity contribution in [1.29, 1.82) is 5.41 Å². The lowest BCUT2D eigenvalue weighted by molar-refractivity contribution is -0.307. The fourth-order valence-corrected chi connectivity index (χ4v) is 3.78. The minimum atomic E-state index is -1.34. The smallest absolute Gasteiger partial charge is 0.251 e. The van der Waals surface area contributed by atoms with Gasteiger partial charge in [0.05, 0.1) is 17.6 Å². The number of carboxylic acids is 1.